The van der Waals surface area contributed by atoms with Gasteiger partial charge in [-0.05, 0) is 47.9 Å². The highest BCUT2D eigenvalue weighted by Crippen LogP contribution is 2.31. The minimum atomic E-state index is -2.83. The molecule has 2 heterocycles. The number of anilines is 1. The minimum Gasteiger partial charge on any atom is -0.433 e. The third kappa shape index (κ3) is 5.56. The van der Waals surface area contributed by atoms with Crippen molar-refractivity contribution in [2.45, 2.75) is 32.5 Å². The predicted molar refractivity (Wildman–Crippen MR) is 106 cm³/mol. The van der Waals surface area contributed by atoms with Crippen molar-refractivity contribution in [1.82, 2.24) is 10.6 Å². The number of alkyl halides is 2. The Kier molecular flexibility index (Phi) is 6.86. The van der Waals surface area contributed by atoms with Gasteiger partial charge in [0.25, 0.3) is 0 Å². The Bertz CT molecular complexity index is 739. The van der Waals surface area contributed by atoms with Gasteiger partial charge in [-0.15, -0.1) is 0 Å². The topological polar surface area (TPSA) is 48.9 Å². The fraction of sp³-hybridized carbons (Fsp3) is 0.421. The molecular formula is C19H24F2N4OS. The van der Waals surface area contributed by atoms with Crippen LogP contribution in [0.4, 0.5) is 14.5 Å². The molecule has 5 nitrogen and oxygen atoms in total. The van der Waals surface area contributed by atoms with Gasteiger partial charge in [-0.3, -0.25) is 0 Å². The first-order valence-corrected chi connectivity index (χ1v) is 9.94. The van der Waals surface area contributed by atoms with Crippen LogP contribution in [0.2, 0.25) is 0 Å². The van der Waals surface area contributed by atoms with E-state index in [1.807, 2.05) is 24.4 Å². The number of para-hydroxylation sites is 2. The van der Waals surface area contributed by atoms with Crippen molar-refractivity contribution in [2.75, 3.05) is 24.5 Å². The number of benzene rings is 1. The van der Waals surface area contributed by atoms with Crippen molar-refractivity contribution in [3.63, 3.8) is 0 Å². The molecule has 1 unspecified atom stereocenters. The molecule has 0 aliphatic carbocycles. The van der Waals surface area contributed by atoms with E-state index in [9.17, 15) is 8.78 Å². The van der Waals surface area contributed by atoms with E-state index in [4.69, 9.17) is 0 Å². The van der Waals surface area contributed by atoms with Crippen molar-refractivity contribution in [3.8, 4) is 5.75 Å². The van der Waals surface area contributed by atoms with E-state index in [0.717, 1.165) is 25.5 Å². The average Bonchev–Trinajstić information content (AvgIpc) is 3.32. The SMILES string of the molecule is CCNC(=NCc1ccsc1)NC1CCN(c2ccccc2OC(F)F)C1. The molecule has 1 atom stereocenters. The number of ether oxygens (including phenoxy) is 1. The largest absolute Gasteiger partial charge is 0.433 e. The molecule has 0 bridgehead atoms. The second-order valence-corrected chi connectivity index (χ2v) is 7.03. The number of nitrogens with one attached hydrogen (secondary N) is 2. The number of rotatable bonds is 7. The van der Waals surface area contributed by atoms with Crippen LogP contribution in [0.25, 0.3) is 0 Å². The van der Waals surface area contributed by atoms with E-state index >= 15 is 0 Å². The van der Waals surface area contributed by atoms with Crippen LogP contribution >= 0.6 is 11.3 Å². The Labute approximate surface area is 162 Å². The maximum atomic E-state index is 12.6. The van der Waals surface area contributed by atoms with Crippen molar-refractivity contribution in [3.05, 3.63) is 46.7 Å². The van der Waals surface area contributed by atoms with Gasteiger partial charge in [0.05, 0.1) is 12.2 Å². The second kappa shape index (κ2) is 9.55. The number of hydrogen-bond acceptors (Lipinski definition) is 4. The van der Waals surface area contributed by atoms with Gasteiger partial charge < -0.3 is 20.3 Å². The quantitative estimate of drug-likeness (QED) is 0.556. The van der Waals surface area contributed by atoms with Gasteiger partial charge in [0.2, 0.25) is 0 Å². The second-order valence-electron chi connectivity index (χ2n) is 6.25. The van der Waals surface area contributed by atoms with Gasteiger partial charge in [0.15, 0.2) is 5.96 Å². The molecule has 1 aromatic heterocycles. The highest BCUT2D eigenvalue weighted by Gasteiger charge is 2.26. The number of guanidine groups is 1. The first kappa shape index (κ1) is 19.4. The normalized spacial score (nSPS) is 17.4. The molecule has 0 spiro atoms. The summed E-state index contributed by atoms with van der Waals surface area (Å²) in [5.41, 5.74) is 1.88. The molecule has 1 saturated heterocycles. The van der Waals surface area contributed by atoms with Gasteiger partial charge in [-0.2, -0.15) is 20.1 Å². The van der Waals surface area contributed by atoms with Gasteiger partial charge >= 0.3 is 6.61 Å². The molecule has 2 N–H and O–H groups in total. The highest BCUT2D eigenvalue weighted by molar-refractivity contribution is 7.07. The summed E-state index contributed by atoms with van der Waals surface area (Å²) in [5.74, 6) is 0.985. The molecule has 0 saturated carbocycles. The fourth-order valence-corrected chi connectivity index (χ4v) is 3.74. The zero-order valence-corrected chi connectivity index (χ0v) is 16.0. The van der Waals surface area contributed by atoms with E-state index in [0.29, 0.717) is 18.8 Å². The van der Waals surface area contributed by atoms with Crippen molar-refractivity contribution in [1.29, 1.82) is 0 Å². The van der Waals surface area contributed by atoms with E-state index < -0.39 is 6.61 Å². The molecule has 1 aromatic carbocycles. The van der Waals surface area contributed by atoms with Crippen molar-refractivity contribution in [2.24, 2.45) is 4.99 Å². The highest BCUT2D eigenvalue weighted by atomic mass is 32.1. The molecule has 0 amide bonds. The van der Waals surface area contributed by atoms with Gasteiger partial charge in [0.1, 0.15) is 5.75 Å². The zero-order chi connectivity index (χ0) is 19.1. The Morgan fingerprint density at radius 2 is 2.22 bits per heavy atom. The van der Waals surface area contributed by atoms with E-state index in [1.54, 1.807) is 23.5 Å². The van der Waals surface area contributed by atoms with Crippen LogP contribution in [0.3, 0.4) is 0 Å². The molecule has 8 heteroatoms. The van der Waals surface area contributed by atoms with Crippen LogP contribution in [0.1, 0.15) is 18.9 Å². The van der Waals surface area contributed by atoms with Crippen LogP contribution in [0.15, 0.2) is 46.1 Å². The smallest absolute Gasteiger partial charge is 0.387 e. The molecule has 2 aromatic rings. The standard InChI is InChI=1S/C19H24F2N4OS/c1-2-22-19(23-11-14-8-10-27-13-14)24-15-7-9-25(12-15)16-5-3-4-6-17(16)26-18(20)21/h3-6,8,10,13,15,18H,2,7,9,11-12H2,1H3,(H2,22,23,24). The van der Waals surface area contributed by atoms with Crippen molar-refractivity contribution >= 4 is 23.0 Å². The Morgan fingerprint density at radius 3 is 2.96 bits per heavy atom. The van der Waals surface area contributed by atoms with Crippen LogP contribution in [0.5, 0.6) is 5.75 Å². The Morgan fingerprint density at radius 1 is 1.37 bits per heavy atom. The molecule has 27 heavy (non-hydrogen) atoms. The Balaban J connectivity index is 1.62. The van der Waals surface area contributed by atoms with Crippen LogP contribution < -0.4 is 20.3 Å². The maximum Gasteiger partial charge on any atom is 0.387 e. The molecule has 146 valence electrons. The molecule has 3 rings (SSSR count). The van der Waals surface area contributed by atoms with Gasteiger partial charge in [-0.25, -0.2) is 4.99 Å². The zero-order valence-electron chi connectivity index (χ0n) is 15.2. The van der Waals surface area contributed by atoms with E-state index in [1.165, 1.54) is 5.56 Å². The van der Waals surface area contributed by atoms with Crippen LogP contribution in [-0.2, 0) is 6.54 Å². The lowest BCUT2D eigenvalue weighted by molar-refractivity contribution is -0.0495. The fourth-order valence-electron chi connectivity index (χ4n) is 3.08. The first-order valence-electron chi connectivity index (χ1n) is 9.00. The summed E-state index contributed by atoms with van der Waals surface area (Å²) in [6.45, 7) is 2.07. The molecule has 0 radical (unpaired) electrons. The summed E-state index contributed by atoms with van der Waals surface area (Å²) >= 11 is 1.66. The molecule has 1 aliphatic rings. The Hall–Kier alpha value is -2.35. The first-order chi connectivity index (χ1) is 13.2. The van der Waals surface area contributed by atoms with Gasteiger partial charge in [-0.1, -0.05) is 12.1 Å². The summed E-state index contributed by atoms with van der Waals surface area (Å²) in [6.07, 6.45) is 0.895. The van der Waals surface area contributed by atoms with Gasteiger partial charge in [0, 0.05) is 25.7 Å². The minimum absolute atomic E-state index is 0.185. The summed E-state index contributed by atoms with van der Waals surface area (Å²) < 4.78 is 30.0. The van der Waals surface area contributed by atoms with Crippen LogP contribution in [0, 0.1) is 0 Å². The lowest BCUT2D eigenvalue weighted by Gasteiger charge is -2.22. The summed E-state index contributed by atoms with van der Waals surface area (Å²) in [7, 11) is 0. The number of halogens is 2. The lowest BCUT2D eigenvalue weighted by Crippen LogP contribution is -2.44. The average molecular weight is 394 g/mol. The van der Waals surface area contributed by atoms with E-state index in [-0.39, 0.29) is 11.8 Å². The monoisotopic (exact) mass is 394 g/mol. The number of thiophene rings is 1. The third-order valence-electron chi connectivity index (χ3n) is 4.30. The molecular weight excluding hydrogens is 370 g/mol. The van der Waals surface area contributed by atoms with E-state index in [2.05, 4.69) is 36.7 Å². The van der Waals surface area contributed by atoms with Crippen molar-refractivity contribution < 1.29 is 13.5 Å². The number of hydrogen-bond donors (Lipinski definition) is 2. The summed E-state index contributed by atoms with van der Waals surface area (Å²) in [4.78, 5) is 6.70. The summed E-state index contributed by atoms with van der Waals surface area (Å²) in [6, 6.07) is 9.18. The molecule has 1 fully saturated rings. The molecule has 1 aliphatic heterocycles. The third-order valence-corrected chi connectivity index (χ3v) is 5.03. The predicted octanol–water partition coefficient (Wildman–Crippen LogP) is 3.68. The van der Waals surface area contributed by atoms with Crippen LogP contribution in [-0.4, -0.2) is 38.2 Å². The lowest BCUT2D eigenvalue weighted by atomic mass is 10.2. The maximum absolute atomic E-state index is 12.6. The summed E-state index contributed by atoms with van der Waals surface area (Å²) in [5, 5.41) is 10.8. The number of aliphatic imine (C=N–C) groups is 1. The number of nitrogens with zero attached hydrogens (tertiary/aromatic N) is 2.